The van der Waals surface area contributed by atoms with Crippen molar-refractivity contribution in [3.8, 4) is 6.01 Å². The summed E-state index contributed by atoms with van der Waals surface area (Å²) < 4.78 is 44.8. The lowest BCUT2D eigenvalue weighted by molar-refractivity contribution is -0.137. The number of anilines is 3. The Bertz CT molecular complexity index is 1100. The molecule has 0 aliphatic carbocycles. The number of ether oxygens (including phenoxy) is 1. The Kier molecular flexibility index (Phi) is 5.47. The van der Waals surface area contributed by atoms with Crippen LogP contribution in [-0.4, -0.2) is 35.2 Å². The van der Waals surface area contributed by atoms with Crippen molar-refractivity contribution in [3.05, 3.63) is 41.6 Å². The second-order valence-electron chi connectivity index (χ2n) is 7.56. The molecule has 0 spiro atoms. The zero-order valence-electron chi connectivity index (χ0n) is 17.2. The normalized spacial score (nSPS) is 15.3. The van der Waals surface area contributed by atoms with Crippen LogP contribution in [0.2, 0.25) is 0 Å². The number of nitrogens with one attached hydrogen (secondary N) is 1. The lowest BCUT2D eigenvalue weighted by Crippen LogP contribution is -2.19. The predicted octanol–water partition coefficient (Wildman–Crippen LogP) is 4.41. The van der Waals surface area contributed by atoms with Gasteiger partial charge in [-0.3, -0.25) is 0 Å². The highest BCUT2D eigenvalue weighted by Gasteiger charge is 2.31. The summed E-state index contributed by atoms with van der Waals surface area (Å²) in [6, 6.07) is 5.07. The minimum Gasteiger partial charge on any atom is -0.467 e. The van der Waals surface area contributed by atoms with Gasteiger partial charge in [-0.05, 0) is 49.6 Å². The first-order chi connectivity index (χ1) is 14.7. The number of hydrogen-bond donors (Lipinski definition) is 2. The van der Waals surface area contributed by atoms with Crippen LogP contribution in [-0.2, 0) is 6.18 Å². The van der Waals surface area contributed by atoms with Crippen molar-refractivity contribution in [1.29, 1.82) is 0 Å². The zero-order chi connectivity index (χ0) is 22.2. The van der Waals surface area contributed by atoms with Gasteiger partial charge < -0.3 is 20.7 Å². The molecule has 7 nitrogen and oxygen atoms in total. The third-order valence-electron chi connectivity index (χ3n) is 5.32. The Hall–Kier alpha value is -3.30. The first-order valence-corrected chi connectivity index (χ1v) is 9.95. The highest BCUT2D eigenvalue weighted by atomic mass is 19.4. The van der Waals surface area contributed by atoms with E-state index in [1.165, 1.54) is 13.2 Å². The molecule has 0 radical (unpaired) electrons. The van der Waals surface area contributed by atoms with Gasteiger partial charge in [0, 0.05) is 24.2 Å². The lowest BCUT2D eigenvalue weighted by atomic mass is 10.0. The molecule has 0 amide bonds. The summed E-state index contributed by atoms with van der Waals surface area (Å²) in [6.45, 7) is 3.61. The third-order valence-corrected chi connectivity index (χ3v) is 5.32. The number of pyridine rings is 1. The number of aromatic nitrogens is 3. The van der Waals surface area contributed by atoms with Gasteiger partial charge in [0.1, 0.15) is 11.6 Å². The summed E-state index contributed by atoms with van der Waals surface area (Å²) in [6.07, 6.45) is -0.605. The first kappa shape index (κ1) is 21.0. The topological polar surface area (TPSA) is 89.2 Å². The van der Waals surface area contributed by atoms with Crippen LogP contribution in [0, 0.1) is 0 Å². The second-order valence-corrected chi connectivity index (χ2v) is 7.56. The molecule has 3 heterocycles. The molecule has 31 heavy (non-hydrogen) atoms. The molecule has 1 aliphatic rings. The molecule has 10 heteroatoms. The van der Waals surface area contributed by atoms with Crippen LogP contribution in [0.1, 0.15) is 36.9 Å². The molecular formula is C21H23F3N6O. The molecule has 0 saturated carbocycles. The number of halogens is 3. The molecule has 2 aromatic heterocycles. The molecule has 1 saturated heterocycles. The van der Waals surface area contributed by atoms with Crippen molar-refractivity contribution in [2.24, 2.45) is 0 Å². The number of nitrogen functional groups attached to an aromatic ring is 1. The van der Waals surface area contributed by atoms with Gasteiger partial charge in [0.15, 0.2) is 0 Å². The number of alkyl halides is 3. The fourth-order valence-electron chi connectivity index (χ4n) is 3.70. The van der Waals surface area contributed by atoms with Gasteiger partial charge in [-0.2, -0.15) is 23.1 Å². The number of nitrogens with zero attached hydrogens (tertiary/aromatic N) is 4. The fourth-order valence-corrected chi connectivity index (χ4v) is 3.70. The quantitative estimate of drug-likeness (QED) is 0.578. The summed E-state index contributed by atoms with van der Waals surface area (Å²) in [5.74, 6) is 1.27. The van der Waals surface area contributed by atoms with Crippen LogP contribution in [0.5, 0.6) is 6.01 Å². The number of nitrogens with two attached hydrogens (primary N) is 1. The van der Waals surface area contributed by atoms with E-state index in [1.54, 1.807) is 13.1 Å². The minimum atomic E-state index is -4.48. The van der Waals surface area contributed by atoms with Crippen molar-refractivity contribution in [1.82, 2.24) is 15.0 Å². The predicted molar refractivity (Wildman–Crippen MR) is 113 cm³/mol. The highest BCUT2D eigenvalue weighted by Crippen LogP contribution is 2.34. The van der Waals surface area contributed by atoms with Crippen LogP contribution in [0.3, 0.4) is 0 Å². The number of rotatable bonds is 5. The number of hydrogen-bond acceptors (Lipinski definition) is 7. The molecule has 3 aromatic rings. The van der Waals surface area contributed by atoms with Crippen LogP contribution >= 0.6 is 0 Å². The molecule has 1 fully saturated rings. The number of fused-ring (bicyclic) bond motifs is 1. The van der Waals surface area contributed by atoms with Crippen molar-refractivity contribution in [2.45, 2.75) is 32.0 Å². The maximum absolute atomic E-state index is 13.2. The molecule has 4 rings (SSSR count). The van der Waals surface area contributed by atoms with E-state index in [1.807, 2.05) is 6.07 Å². The molecule has 1 atom stereocenters. The van der Waals surface area contributed by atoms with Gasteiger partial charge in [-0.15, -0.1) is 0 Å². The van der Waals surface area contributed by atoms with E-state index in [-0.39, 0.29) is 11.7 Å². The maximum Gasteiger partial charge on any atom is 0.416 e. The van der Waals surface area contributed by atoms with Crippen LogP contribution in [0.15, 0.2) is 30.5 Å². The fraction of sp³-hybridized carbons (Fsp3) is 0.381. The number of methoxy groups -OCH3 is 1. The van der Waals surface area contributed by atoms with Crippen LogP contribution in [0.25, 0.3) is 10.9 Å². The van der Waals surface area contributed by atoms with E-state index < -0.39 is 17.8 Å². The van der Waals surface area contributed by atoms with Gasteiger partial charge in [-0.25, -0.2) is 4.98 Å². The maximum atomic E-state index is 13.2. The average Bonchev–Trinajstić information content (AvgIpc) is 3.27. The average molecular weight is 432 g/mol. The Morgan fingerprint density at radius 2 is 1.87 bits per heavy atom. The standard InChI is InChI=1S/C21H23F3N6O/c1-12(13-7-14(21(22,23)24)9-15(25)8-13)27-19-16-10-18(30-5-3-4-6-30)26-11-17(16)28-20(29-19)31-2/h7-12H,3-6,25H2,1-2H3,(H,27,28,29). The molecule has 1 aromatic carbocycles. The Labute approximate surface area is 177 Å². The van der Waals surface area contributed by atoms with Gasteiger partial charge in [0.25, 0.3) is 0 Å². The first-order valence-electron chi connectivity index (χ1n) is 9.95. The van der Waals surface area contributed by atoms with E-state index in [2.05, 4.69) is 25.2 Å². The lowest BCUT2D eigenvalue weighted by Gasteiger charge is -2.20. The molecule has 3 N–H and O–H groups in total. The molecule has 164 valence electrons. The summed E-state index contributed by atoms with van der Waals surface area (Å²) in [5, 5.41) is 3.91. The van der Waals surface area contributed by atoms with E-state index in [4.69, 9.17) is 10.5 Å². The summed E-state index contributed by atoms with van der Waals surface area (Å²) in [7, 11) is 1.45. The Morgan fingerprint density at radius 3 is 2.55 bits per heavy atom. The van der Waals surface area contributed by atoms with E-state index >= 15 is 0 Å². The van der Waals surface area contributed by atoms with Crippen LogP contribution < -0.4 is 20.7 Å². The minimum absolute atomic E-state index is 0.0455. The van der Waals surface area contributed by atoms with Crippen LogP contribution in [0.4, 0.5) is 30.5 Å². The highest BCUT2D eigenvalue weighted by molar-refractivity contribution is 5.91. The van der Waals surface area contributed by atoms with Crippen molar-refractivity contribution in [2.75, 3.05) is 36.1 Å². The summed E-state index contributed by atoms with van der Waals surface area (Å²) >= 11 is 0. The number of benzene rings is 1. The smallest absolute Gasteiger partial charge is 0.416 e. The van der Waals surface area contributed by atoms with Gasteiger partial charge in [-0.1, -0.05) is 0 Å². The largest absolute Gasteiger partial charge is 0.467 e. The summed E-state index contributed by atoms with van der Waals surface area (Å²) in [4.78, 5) is 15.4. The van der Waals surface area contributed by atoms with E-state index in [0.717, 1.165) is 43.9 Å². The third kappa shape index (κ3) is 4.42. The molecule has 0 bridgehead atoms. The molecule has 1 aliphatic heterocycles. The molecular weight excluding hydrogens is 409 g/mol. The van der Waals surface area contributed by atoms with E-state index in [9.17, 15) is 13.2 Å². The SMILES string of the molecule is COc1nc(NC(C)c2cc(N)cc(C(F)(F)F)c2)c2cc(N3CCCC3)ncc2n1. The van der Waals surface area contributed by atoms with Gasteiger partial charge in [0.2, 0.25) is 0 Å². The summed E-state index contributed by atoms with van der Waals surface area (Å²) in [5.41, 5.74) is 5.95. The Balaban J connectivity index is 1.72. The van der Waals surface area contributed by atoms with Crippen molar-refractivity contribution < 1.29 is 17.9 Å². The second kappa shape index (κ2) is 8.09. The van der Waals surface area contributed by atoms with Gasteiger partial charge >= 0.3 is 12.2 Å². The van der Waals surface area contributed by atoms with E-state index in [0.29, 0.717) is 22.3 Å². The van der Waals surface area contributed by atoms with Crippen molar-refractivity contribution >= 4 is 28.2 Å². The zero-order valence-corrected chi connectivity index (χ0v) is 17.2. The van der Waals surface area contributed by atoms with Crippen molar-refractivity contribution in [3.63, 3.8) is 0 Å². The monoisotopic (exact) mass is 432 g/mol. The molecule has 1 unspecified atom stereocenters. The van der Waals surface area contributed by atoms with Gasteiger partial charge in [0.05, 0.1) is 30.4 Å². The Morgan fingerprint density at radius 1 is 1.13 bits per heavy atom.